The first-order valence-electron chi connectivity index (χ1n) is 6.38. The van der Waals surface area contributed by atoms with Crippen molar-refractivity contribution in [2.24, 2.45) is 0 Å². The number of hydrogen-bond acceptors (Lipinski definition) is 5. The number of nitrogens with one attached hydrogen (secondary N) is 2. The highest BCUT2D eigenvalue weighted by Gasteiger charge is 2.17. The van der Waals surface area contributed by atoms with E-state index in [9.17, 15) is 9.90 Å². The van der Waals surface area contributed by atoms with Crippen molar-refractivity contribution in [1.29, 1.82) is 0 Å². The van der Waals surface area contributed by atoms with Crippen LogP contribution in [-0.4, -0.2) is 27.0 Å². The molecule has 1 aromatic carbocycles. The molecule has 0 aliphatic carbocycles. The van der Waals surface area contributed by atoms with Crippen molar-refractivity contribution in [2.75, 3.05) is 11.1 Å². The molecule has 2 aromatic rings. The lowest BCUT2D eigenvalue weighted by atomic mass is 10.1. The second kappa shape index (κ2) is 5.35. The fourth-order valence-corrected chi connectivity index (χ4v) is 1.73. The lowest BCUT2D eigenvalue weighted by Gasteiger charge is -2.20. The molecule has 0 atom stereocenters. The highest BCUT2D eigenvalue weighted by molar-refractivity contribution is 5.88. The molecule has 0 unspecified atom stereocenters. The van der Waals surface area contributed by atoms with Crippen molar-refractivity contribution in [1.82, 2.24) is 10.2 Å². The normalized spacial score (nSPS) is 11.2. The quantitative estimate of drug-likeness (QED) is 0.635. The molecule has 0 aliphatic heterocycles. The van der Waals surface area contributed by atoms with Crippen molar-refractivity contribution in [3.05, 3.63) is 24.4 Å². The second-order valence-electron chi connectivity index (χ2n) is 5.56. The summed E-state index contributed by atoms with van der Waals surface area (Å²) >= 11 is 0. The van der Waals surface area contributed by atoms with Crippen LogP contribution < -0.4 is 11.1 Å². The zero-order valence-corrected chi connectivity index (χ0v) is 12.1. The average Bonchev–Trinajstić information content (AvgIpc) is 2.76. The molecule has 5 N–H and O–H groups in total. The Kier molecular flexibility index (Phi) is 3.75. The number of benzene rings is 1. The molecule has 112 valence electrons. The van der Waals surface area contributed by atoms with E-state index in [0.29, 0.717) is 16.9 Å². The predicted molar refractivity (Wildman–Crippen MR) is 80.0 cm³/mol. The molecule has 0 spiro atoms. The second-order valence-corrected chi connectivity index (χ2v) is 5.56. The zero-order chi connectivity index (χ0) is 15.6. The molecule has 2 rings (SSSR count). The van der Waals surface area contributed by atoms with Crippen molar-refractivity contribution in [3.63, 3.8) is 0 Å². The topological polar surface area (TPSA) is 113 Å². The Hall–Kier alpha value is -2.70. The number of rotatable bonds is 2. The maximum atomic E-state index is 11.7. The van der Waals surface area contributed by atoms with Crippen LogP contribution in [0.4, 0.5) is 16.2 Å². The van der Waals surface area contributed by atoms with E-state index in [1.54, 1.807) is 32.9 Å². The Morgan fingerprint density at radius 1 is 1.43 bits per heavy atom. The molecular formula is C14H18N4O3. The smallest absolute Gasteiger partial charge is 0.412 e. The van der Waals surface area contributed by atoms with Gasteiger partial charge in [0.2, 0.25) is 0 Å². The third kappa shape index (κ3) is 3.65. The molecule has 7 nitrogen and oxygen atoms in total. The Morgan fingerprint density at radius 2 is 2.14 bits per heavy atom. The van der Waals surface area contributed by atoms with Gasteiger partial charge in [0.1, 0.15) is 11.4 Å². The highest BCUT2D eigenvalue weighted by atomic mass is 16.6. The highest BCUT2D eigenvalue weighted by Crippen LogP contribution is 2.31. The van der Waals surface area contributed by atoms with Gasteiger partial charge in [0.15, 0.2) is 0 Å². The molecule has 0 bridgehead atoms. The summed E-state index contributed by atoms with van der Waals surface area (Å²) < 4.78 is 5.12. The first kappa shape index (κ1) is 14.7. The SMILES string of the molecule is CC(C)(C)OC(=O)Nc1ccc(-c2[nH]ncc2N)cc1O. The molecule has 1 aromatic heterocycles. The summed E-state index contributed by atoms with van der Waals surface area (Å²) in [6, 6.07) is 4.75. The van der Waals surface area contributed by atoms with E-state index >= 15 is 0 Å². The van der Waals surface area contributed by atoms with Gasteiger partial charge >= 0.3 is 6.09 Å². The van der Waals surface area contributed by atoms with E-state index in [-0.39, 0.29) is 11.4 Å². The minimum atomic E-state index is -0.633. The number of carbonyl (C=O) groups is 1. The van der Waals surface area contributed by atoms with Gasteiger partial charge in [0.25, 0.3) is 0 Å². The molecule has 0 fully saturated rings. The molecule has 0 saturated heterocycles. The van der Waals surface area contributed by atoms with Gasteiger partial charge in [-0.2, -0.15) is 5.10 Å². The van der Waals surface area contributed by atoms with Crippen LogP contribution in [0.25, 0.3) is 11.3 Å². The number of aromatic amines is 1. The summed E-state index contributed by atoms with van der Waals surface area (Å²) in [4.78, 5) is 11.7. The number of amides is 1. The summed E-state index contributed by atoms with van der Waals surface area (Å²) in [7, 11) is 0. The third-order valence-corrected chi connectivity index (χ3v) is 2.59. The summed E-state index contributed by atoms with van der Waals surface area (Å²) in [5.41, 5.74) is 7.14. The molecule has 1 amide bonds. The zero-order valence-electron chi connectivity index (χ0n) is 12.1. The molecule has 0 radical (unpaired) electrons. The van der Waals surface area contributed by atoms with E-state index in [1.165, 1.54) is 12.3 Å². The van der Waals surface area contributed by atoms with Crippen LogP contribution in [0.15, 0.2) is 24.4 Å². The Bertz CT molecular complexity index is 658. The van der Waals surface area contributed by atoms with Crippen molar-refractivity contribution in [2.45, 2.75) is 26.4 Å². The van der Waals surface area contributed by atoms with Crippen LogP contribution >= 0.6 is 0 Å². The first-order valence-corrected chi connectivity index (χ1v) is 6.38. The number of anilines is 2. The van der Waals surface area contributed by atoms with E-state index in [4.69, 9.17) is 10.5 Å². The Balaban J connectivity index is 2.17. The monoisotopic (exact) mass is 290 g/mol. The number of nitrogens with zero attached hydrogens (tertiary/aromatic N) is 1. The largest absolute Gasteiger partial charge is 0.506 e. The van der Waals surface area contributed by atoms with Crippen LogP contribution in [-0.2, 0) is 4.74 Å². The maximum absolute atomic E-state index is 11.7. The van der Waals surface area contributed by atoms with E-state index in [2.05, 4.69) is 15.5 Å². The molecule has 7 heteroatoms. The van der Waals surface area contributed by atoms with Gasteiger partial charge in [0.05, 0.1) is 23.3 Å². The van der Waals surface area contributed by atoms with Gasteiger partial charge < -0.3 is 15.6 Å². The summed E-state index contributed by atoms with van der Waals surface area (Å²) in [5, 5.41) is 19.0. The summed E-state index contributed by atoms with van der Waals surface area (Å²) in [5.74, 6) is -0.0904. The van der Waals surface area contributed by atoms with Crippen molar-refractivity contribution >= 4 is 17.5 Å². The maximum Gasteiger partial charge on any atom is 0.412 e. The molecule has 0 aliphatic rings. The number of nitrogen functional groups attached to an aromatic ring is 1. The van der Waals surface area contributed by atoms with Gasteiger partial charge in [-0.1, -0.05) is 6.07 Å². The standard InChI is InChI=1S/C14H18N4O3/c1-14(2,3)21-13(20)17-10-5-4-8(6-11(10)19)12-9(15)7-16-18-12/h4-7,19H,15H2,1-3H3,(H,16,18)(H,17,20). The number of H-pyrrole nitrogens is 1. The fourth-order valence-electron chi connectivity index (χ4n) is 1.73. The van der Waals surface area contributed by atoms with Gasteiger partial charge in [0, 0.05) is 5.56 Å². The summed E-state index contributed by atoms with van der Waals surface area (Å²) in [6.45, 7) is 5.28. The number of hydrogen-bond donors (Lipinski definition) is 4. The van der Waals surface area contributed by atoms with Crippen molar-refractivity contribution < 1.29 is 14.6 Å². The van der Waals surface area contributed by atoms with Gasteiger partial charge in [-0.05, 0) is 32.9 Å². The number of ether oxygens (including phenoxy) is 1. The lowest BCUT2D eigenvalue weighted by Crippen LogP contribution is -2.27. The predicted octanol–water partition coefficient (Wildman–Crippen LogP) is 2.71. The fraction of sp³-hybridized carbons (Fsp3) is 0.286. The number of carbonyl (C=O) groups excluding carboxylic acids is 1. The van der Waals surface area contributed by atoms with Gasteiger partial charge in [-0.3, -0.25) is 10.4 Å². The minimum Gasteiger partial charge on any atom is -0.506 e. The van der Waals surface area contributed by atoms with Crippen LogP contribution in [0.5, 0.6) is 5.75 Å². The summed E-state index contributed by atoms with van der Waals surface area (Å²) in [6.07, 6.45) is 0.853. The van der Waals surface area contributed by atoms with Gasteiger partial charge in [-0.15, -0.1) is 0 Å². The number of aromatic nitrogens is 2. The molecular weight excluding hydrogens is 272 g/mol. The number of phenols is 1. The van der Waals surface area contributed by atoms with Crippen LogP contribution in [0.2, 0.25) is 0 Å². The first-order chi connectivity index (χ1) is 9.76. The van der Waals surface area contributed by atoms with E-state index < -0.39 is 11.7 Å². The lowest BCUT2D eigenvalue weighted by molar-refractivity contribution is 0.0635. The average molecular weight is 290 g/mol. The van der Waals surface area contributed by atoms with E-state index in [0.717, 1.165) is 0 Å². The number of phenolic OH excluding ortho intramolecular Hbond substituents is 1. The van der Waals surface area contributed by atoms with Crippen LogP contribution in [0, 0.1) is 0 Å². The van der Waals surface area contributed by atoms with Crippen molar-refractivity contribution in [3.8, 4) is 17.0 Å². The van der Waals surface area contributed by atoms with Gasteiger partial charge in [-0.25, -0.2) is 4.79 Å². The Morgan fingerprint density at radius 3 is 2.67 bits per heavy atom. The minimum absolute atomic E-state index is 0.0904. The van der Waals surface area contributed by atoms with Crippen LogP contribution in [0.3, 0.4) is 0 Å². The number of aromatic hydroxyl groups is 1. The molecule has 1 heterocycles. The number of nitrogens with two attached hydrogens (primary N) is 1. The third-order valence-electron chi connectivity index (χ3n) is 2.59. The Labute approximate surface area is 122 Å². The molecule has 21 heavy (non-hydrogen) atoms. The van der Waals surface area contributed by atoms with E-state index in [1.807, 2.05) is 0 Å². The van der Waals surface area contributed by atoms with Crippen LogP contribution in [0.1, 0.15) is 20.8 Å². The molecule has 0 saturated carbocycles.